The van der Waals surface area contributed by atoms with Crippen molar-refractivity contribution in [3.05, 3.63) is 58.4 Å². The Balaban J connectivity index is 2.38. The van der Waals surface area contributed by atoms with Crippen molar-refractivity contribution in [2.24, 2.45) is 0 Å². The van der Waals surface area contributed by atoms with Gasteiger partial charge in [-0.3, -0.25) is 14.8 Å². The molecule has 0 radical (unpaired) electrons. The fourth-order valence-electron chi connectivity index (χ4n) is 1.46. The Labute approximate surface area is 117 Å². The van der Waals surface area contributed by atoms with Gasteiger partial charge in [-0.15, -0.1) is 0 Å². The average Bonchev–Trinajstić information content (AvgIpc) is 2.42. The van der Waals surface area contributed by atoms with Gasteiger partial charge in [0.05, 0.1) is 9.82 Å². The number of nitrogens with one attached hydrogen (secondary N) is 1. The van der Waals surface area contributed by atoms with Crippen LogP contribution in [0.15, 0.2) is 41.3 Å². The van der Waals surface area contributed by atoms with Gasteiger partial charge in [-0.2, -0.15) is 13.8 Å². The van der Waals surface area contributed by atoms with E-state index in [1.165, 1.54) is 6.07 Å². The number of benzene rings is 1. The molecule has 0 unspecified atom stereocenters. The van der Waals surface area contributed by atoms with Gasteiger partial charge in [-0.05, 0) is 18.2 Å². The molecule has 7 nitrogen and oxygen atoms in total. The second kappa shape index (κ2) is 5.40. The lowest BCUT2D eigenvalue weighted by atomic mass is 10.3. The number of aromatic nitrogens is 1. The molecule has 21 heavy (non-hydrogen) atoms. The second-order valence-electron chi connectivity index (χ2n) is 3.83. The fourth-order valence-corrected chi connectivity index (χ4v) is 2.55. The largest absolute Gasteiger partial charge is 0.275 e. The number of nitrogens with zero attached hydrogens (tertiary/aromatic N) is 2. The number of nitro benzene ring substituents is 1. The van der Waals surface area contributed by atoms with Crippen LogP contribution in [0.1, 0.15) is 0 Å². The van der Waals surface area contributed by atoms with E-state index in [9.17, 15) is 27.3 Å². The number of non-ortho nitro benzene ring substituents is 1. The van der Waals surface area contributed by atoms with Crippen LogP contribution >= 0.6 is 0 Å². The summed E-state index contributed by atoms with van der Waals surface area (Å²) in [5, 5.41) is 10.6. The first kappa shape index (κ1) is 14.8. The molecule has 1 aromatic heterocycles. The molecule has 0 bridgehead atoms. The van der Waals surface area contributed by atoms with E-state index in [1.54, 1.807) is 0 Å². The molecule has 0 atom stereocenters. The molecule has 2 rings (SSSR count). The Bertz CT molecular complexity index is 811. The summed E-state index contributed by atoms with van der Waals surface area (Å²) in [6, 6.07) is 5.83. The number of hydrogen-bond donors (Lipinski definition) is 1. The number of pyridine rings is 1. The summed E-state index contributed by atoms with van der Waals surface area (Å²) < 4.78 is 51.8. The summed E-state index contributed by atoms with van der Waals surface area (Å²) in [5.41, 5.74) is -1.00. The van der Waals surface area contributed by atoms with E-state index in [0.29, 0.717) is 0 Å². The minimum atomic E-state index is -4.26. The molecule has 1 aromatic carbocycles. The summed E-state index contributed by atoms with van der Waals surface area (Å²) >= 11 is 0. The molecule has 0 amide bonds. The van der Waals surface area contributed by atoms with E-state index in [4.69, 9.17) is 0 Å². The van der Waals surface area contributed by atoms with E-state index in [1.807, 2.05) is 4.72 Å². The Kier molecular flexibility index (Phi) is 3.80. The molecule has 0 aliphatic carbocycles. The molecule has 0 spiro atoms. The standard InChI is InChI=1S/C11H7F2N3O4S/c12-10-5-4-9(11(13)14-10)15-21(19,20)8-3-1-2-7(6-8)16(17)18/h1-6,15H. The van der Waals surface area contributed by atoms with Gasteiger partial charge in [-0.1, -0.05) is 6.07 Å². The van der Waals surface area contributed by atoms with Gasteiger partial charge in [0.25, 0.3) is 15.7 Å². The molecule has 0 aliphatic heterocycles. The molecule has 1 N–H and O–H groups in total. The number of nitro groups is 1. The zero-order valence-electron chi connectivity index (χ0n) is 10.2. The molecule has 0 fully saturated rings. The second-order valence-corrected chi connectivity index (χ2v) is 5.51. The first-order valence-electron chi connectivity index (χ1n) is 5.39. The maximum Gasteiger partial charge on any atom is 0.270 e. The lowest BCUT2D eigenvalue weighted by Crippen LogP contribution is -2.14. The minimum absolute atomic E-state index is 0.430. The summed E-state index contributed by atoms with van der Waals surface area (Å²) in [6.45, 7) is 0. The predicted octanol–water partition coefficient (Wildman–Crippen LogP) is 2.07. The van der Waals surface area contributed by atoms with E-state index in [-0.39, 0.29) is 0 Å². The Morgan fingerprint density at radius 2 is 1.90 bits per heavy atom. The molecule has 110 valence electrons. The summed E-state index contributed by atoms with van der Waals surface area (Å²) in [4.78, 5) is 12.2. The van der Waals surface area contributed by atoms with Crippen LogP contribution in [0.4, 0.5) is 20.2 Å². The Morgan fingerprint density at radius 1 is 1.19 bits per heavy atom. The van der Waals surface area contributed by atoms with Crippen LogP contribution in [0, 0.1) is 22.0 Å². The van der Waals surface area contributed by atoms with Crippen LogP contribution in [0.25, 0.3) is 0 Å². The number of sulfonamides is 1. The highest BCUT2D eigenvalue weighted by Crippen LogP contribution is 2.21. The van der Waals surface area contributed by atoms with Crippen molar-refractivity contribution in [2.45, 2.75) is 4.90 Å². The van der Waals surface area contributed by atoms with Crippen molar-refractivity contribution >= 4 is 21.4 Å². The summed E-state index contributed by atoms with van der Waals surface area (Å²) in [7, 11) is -4.26. The van der Waals surface area contributed by atoms with Crippen molar-refractivity contribution in [1.29, 1.82) is 0 Å². The first-order chi connectivity index (χ1) is 9.79. The predicted molar refractivity (Wildman–Crippen MR) is 68.1 cm³/mol. The SMILES string of the molecule is O=[N+]([O-])c1cccc(S(=O)(=O)Nc2ccc(F)nc2F)c1. The zero-order valence-corrected chi connectivity index (χ0v) is 11.0. The third-order valence-corrected chi connectivity index (χ3v) is 3.76. The van der Waals surface area contributed by atoms with Crippen LogP contribution in [-0.4, -0.2) is 18.3 Å². The third kappa shape index (κ3) is 3.28. The number of halogens is 2. The van der Waals surface area contributed by atoms with Crippen LogP contribution in [0.5, 0.6) is 0 Å². The molecular formula is C11H7F2N3O4S. The fraction of sp³-hybridized carbons (Fsp3) is 0. The summed E-state index contributed by atoms with van der Waals surface area (Å²) in [5.74, 6) is -2.45. The van der Waals surface area contributed by atoms with Crippen LogP contribution in [0.2, 0.25) is 0 Å². The topological polar surface area (TPSA) is 102 Å². The van der Waals surface area contributed by atoms with E-state index < -0.39 is 43.1 Å². The van der Waals surface area contributed by atoms with Crippen molar-refractivity contribution in [1.82, 2.24) is 4.98 Å². The molecule has 10 heteroatoms. The van der Waals surface area contributed by atoms with Crippen molar-refractivity contribution in [3.8, 4) is 0 Å². The first-order valence-corrected chi connectivity index (χ1v) is 6.87. The van der Waals surface area contributed by atoms with Gasteiger partial charge in [-0.25, -0.2) is 8.42 Å². The van der Waals surface area contributed by atoms with Gasteiger partial charge >= 0.3 is 0 Å². The molecule has 0 saturated carbocycles. The van der Waals surface area contributed by atoms with Crippen molar-refractivity contribution < 1.29 is 22.1 Å². The van der Waals surface area contributed by atoms with Gasteiger partial charge in [0.2, 0.25) is 11.9 Å². The molecular weight excluding hydrogens is 308 g/mol. The van der Waals surface area contributed by atoms with Crippen LogP contribution in [-0.2, 0) is 10.0 Å². The third-order valence-electron chi connectivity index (χ3n) is 2.40. The highest BCUT2D eigenvalue weighted by atomic mass is 32.2. The maximum absolute atomic E-state index is 13.3. The number of rotatable bonds is 4. The quantitative estimate of drug-likeness (QED) is 0.528. The van der Waals surface area contributed by atoms with Gasteiger partial charge in [0, 0.05) is 12.1 Å². The number of hydrogen-bond acceptors (Lipinski definition) is 5. The van der Waals surface area contributed by atoms with Gasteiger partial charge in [0.1, 0.15) is 5.69 Å². The van der Waals surface area contributed by atoms with Crippen molar-refractivity contribution in [2.75, 3.05) is 4.72 Å². The lowest BCUT2D eigenvalue weighted by Gasteiger charge is -2.08. The Morgan fingerprint density at radius 3 is 2.52 bits per heavy atom. The number of anilines is 1. The van der Waals surface area contributed by atoms with E-state index in [2.05, 4.69) is 4.98 Å². The van der Waals surface area contributed by atoms with Crippen LogP contribution < -0.4 is 4.72 Å². The maximum atomic E-state index is 13.3. The van der Waals surface area contributed by atoms with Gasteiger partial charge < -0.3 is 0 Å². The highest BCUT2D eigenvalue weighted by molar-refractivity contribution is 7.92. The van der Waals surface area contributed by atoms with Crippen molar-refractivity contribution in [3.63, 3.8) is 0 Å². The van der Waals surface area contributed by atoms with E-state index in [0.717, 1.165) is 30.3 Å². The lowest BCUT2D eigenvalue weighted by molar-refractivity contribution is -0.385. The smallest absolute Gasteiger partial charge is 0.270 e. The van der Waals surface area contributed by atoms with Crippen LogP contribution in [0.3, 0.4) is 0 Å². The molecule has 0 aliphatic rings. The Hall–Kier alpha value is -2.62. The zero-order chi connectivity index (χ0) is 15.6. The molecule has 2 aromatic rings. The monoisotopic (exact) mass is 315 g/mol. The minimum Gasteiger partial charge on any atom is -0.275 e. The highest BCUT2D eigenvalue weighted by Gasteiger charge is 2.19. The van der Waals surface area contributed by atoms with E-state index >= 15 is 0 Å². The average molecular weight is 315 g/mol. The normalized spacial score (nSPS) is 11.1. The van der Waals surface area contributed by atoms with Gasteiger partial charge in [0.15, 0.2) is 0 Å². The summed E-state index contributed by atoms with van der Waals surface area (Å²) in [6.07, 6.45) is 0. The molecule has 0 saturated heterocycles. The molecule has 1 heterocycles.